The van der Waals surface area contributed by atoms with Crippen molar-refractivity contribution in [3.8, 4) is 0 Å². The average molecular weight is 314 g/mol. The van der Waals surface area contributed by atoms with E-state index in [1.54, 1.807) is 0 Å². The molecule has 0 fully saturated rings. The van der Waals surface area contributed by atoms with Crippen molar-refractivity contribution in [3.63, 3.8) is 0 Å². The minimum atomic E-state index is -0.239. The molecule has 2 heterocycles. The van der Waals surface area contributed by atoms with Crippen molar-refractivity contribution in [3.05, 3.63) is 45.6 Å². The normalized spacial score (nSPS) is 15.9. The molecule has 4 nitrogen and oxygen atoms in total. The van der Waals surface area contributed by atoms with Gasteiger partial charge >= 0.3 is 0 Å². The number of anilines is 2. The predicted molar refractivity (Wildman–Crippen MR) is 89.7 cm³/mol. The predicted octanol–water partition coefficient (Wildman–Crippen LogP) is 3.93. The van der Waals surface area contributed by atoms with Gasteiger partial charge in [0.05, 0.1) is 4.88 Å². The van der Waals surface area contributed by atoms with Crippen LogP contribution in [0.3, 0.4) is 0 Å². The molecule has 0 aliphatic carbocycles. The molecule has 0 saturated carbocycles. The summed E-state index contributed by atoms with van der Waals surface area (Å²) in [5, 5.41) is 7.74. The van der Waals surface area contributed by atoms with Gasteiger partial charge in [-0.15, -0.1) is 11.3 Å². The molecule has 1 aliphatic rings. The largest absolute Gasteiger partial charge is 0.326 e. The number of carbonyl (C=O) groups is 2. The summed E-state index contributed by atoms with van der Waals surface area (Å²) >= 11 is 1.44. The molecule has 2 N–H and O–H groups in total. The summed E-state index contributed by atoms with van der Waals surface area (Å²) in [4.78, 5) is 24.8. The van der Waals surface area contributed by atoms with Crippen LogP contribution in [0, 0.1) is 6.92 Å². The maximum absolute atomic E-state index is 12.3. The second-order valence-electron chi connectivity index (χ2n) is 6.26. The van der Waals surface area contributed by atoms with E-state index in [2.05, 4.69) is 10.6 Å². The summed E-state index contributed by atoms with van der Waals surface area (Å²) in [5.74, 6) is -0.0615. The van der Waals surface area contributed by atoms with Crippen molar-refractivity contribution in [2.24, 2.45) is 0 Å². The maximum Gasteiger partial charge on any atom is 0.265 e. The van der Waals surface area contributed by atoms with Crippen LogP contribution in [0.15, 0.2) is 29.6 Å². The van der Waals surface area contributed by atoms with Crippen LogP contribution in [0.2, 0.25) is 0 Å². The summed E-state index contributed by atoms with van der Waals surface area (Å²) in [7, 11) is 0. The summed E-state index contributed by atoms with van der Waals surface area (Å²) in [6, 6.07) is 7.56. The van der Waals surface area contributed by atoms with Gasteiger partial charge in [-0.3, -0.25) is 9.59 Å². The molecule has 0 saturated heterocycles. The van der Waals surface area contributed by atoms with Crippen molar-refractivity contribution in [2.45, 2.75) is 32.6 Å². The van der Waals surface area contributed by atoms with E-state index in [0.29, 0.717) is 6.42 Å². The standard InChI is InChI=1S/C17H18N2O2S/c1-10-6-7-22-15(10)16(21)18-11-4-5-13-12(8-11)17(2,3)9-14(20)19-13/h4-8H,9H2,1-3H3,(H,18,21)(H,19,20). The number of thiophene rings is 1. The van der Waals surface area contributed by atoms with Gasteiger partial charge in [0.15, 0.2) is 0 Å². The second kappa shape index (κ2) is 5.25. The number of hydrogen-bond acceptors (Lipinski definition) is 3. The lowest BCUT2D eigenvalue weighted by molar-refractivity contribution is -0.117. The molecular weight excluding hydrogens is 296 g/mol. The van der Waals surface area contributed by atoms with E-state index < -0.39 is 0 Å². The first-order valence-corrected chi connectivity index (χ1v) is 8.04. The third-order valence-electron chi connectivity index (χ3n) is 3.95. The lowest BCUT2D eigenvalue weighted by Crippen LogP contribution is -2.32. The number of rotatable bonds is 2. The first-order chi connectivity index (χ1) is 10.4. The number of carbonyl (C=O) groups excluding carboxylic acids is 2. The second-order valence-corrected chi connectivity index (χ2v) is 7.17. The lowest BCUT2D eigenvalue weighted by Gasteiger charge is -2.32. The molecule has 114 valence electrons. The first-order valence-electron chi connectivity index (χ1n) is 7.17. The van der Waals surface area contributed by atoms with Crippen LogP contribution in [0.25, 0.3) is 0 Å². The number of benzene rings is 1. The molecule has 0 unspecified atom stereocenters. The van der Waals surface area contributed by atoms with Crippen molar-refractivity contribution in [2.75, 3.05) is 10.6 Å². The van der Waals surface area contributed by atoms with Gasteiger partial charge in [-0.2, -0.15) is 0 Å². The molecule has 0 atom stereocenters. The number of amides is 2. The Morgan fingerprint density at radius 2 is 2.09 bits per heavy atom. The lowest BCUT2D eigenvalue weighted by atomic mass is 9.78. The van der Waals surface area contributed by atoms with Crippen LogP contribution < -0.4 is 10.6 Å². The van der Waals surface area contributed by atoms with E-state index in [1.165, 1.54) is 11.3 Å². The minimum absolute atomic E-state index is 0.0310. The highest BCUT2D eigenvalue weighted by molar-refractivity contribution is 7.12. The summed E-state index contributed by atoms with van der Waals surface area (Å²) in [6.45, 7) is 6.01. The van der Waals surface area contributed by atoms with E-state index in [4.69, 9.17) is 0 Å². The van der Waals surface area contributed by atoms with E-state index in [0.717, 1.165) is 27.4 Å². The van der Waals surface area contributed by atoms with Crippen molar-refractivity contribution >= 4 is 34.5 Å². The monoisotopic (exact) mass is 314 g/mol. The molecule has 0 bridgehead atoms. The number of fused-ring (bicyclic) bond motifs is 1. The quantitative estimate of drug-likeness (QED) is 0.882. The van der Waals surface area contributed by atoms with Gasteiger partial charge in [-0.1, -0.05) is 13.8 Å². The molecule has 2 amide bonds. The number of aryl methyl sites for hydroxylation is 1. The van der Waals surface area contributed by atoms with Crippen LogP contribution >= 0.6 is 11.3 Å². The van der Waals surface area contributed by atoms with Crippen LogP contribution in [-0.4, -0.2) is 11.8 Å². The number of hydrogen-bond donors (Lipinski definition) is 2. The van der Waals surface area contributed by atoms with Gasteiger partial charge in [0.1, 0.15) is 0 Å². The van der Waals surface area contributed by atoms with Crippen molar-refractivity contribution in [1.82, 2.24) is 0 Å². The van der Waals surface area contributed by atoms with E-state index in [9.17, 15) is 9.59 Å². The van der Waals surface area contributed by atoms with Gasteiger partial charge < -0.3 is 10.6 Å². The molecule has 1 aromatic carbocycles. The topological polar surface area (TPSA) is 58.2 Å². The smallest absolute Gasteiger partial charge is 0.265 e. The number of nitrogens with one attached hydrogen (secondary N) is 2. The Morgan fingerprint density at radius 1 is 1.32 bits per heavy atom. The van der Waals surface area contributed by atoms with Crippen LogP contribution in [-0.2, 0) is 10.2 Å². The minimum Gasteiger partial charge on any atom is -0.326 e. The molecule has 1 aliphatic heterocycles. The first kappa shape index (κ1) is 14.8. The zero-order valence-corrected chi connectivity index (χ0v) is 13.6. The highest BCUT2D eigenvalue weighted by Crippen LogP contribution is 2.38. The third-order valence-corrected chi connectivity index (χ3v) is 4.97. The molecular formula is C17H18N2O2S. The van der Waals surface area contributed by atoms with E-state index in [1.807, 2.05) is 50.4 Å². The molecule has 5 heteroatoms. The van der Waals surface area contributed by atoms with Crippen molar-refractivity contribution in [1.29, 1.82) is 0 Å². The van der Waals surface area contributed by atoms with Crippen LogP contribution in [0.1, 0.15) is 41.1 Å². The van der Waals surface area contributed by atoms with Gasteiger partial charge in [-0.05, 0) is 47.7 Å². The van der Waals surface area contributed by atoms with Gasteiger partial charge in [-0.25, -0.2) is 0 Å². The summed E-state index contributed by atoms with van der Waals surface area (Å²) in [6.07, 6.45) is 0.446. The molecule has 1 aromatic heterocycles. The van der Waals surface area contributed by atoms with Crippen molar-refractivity contribution < 1.29 is 9.59 Å². The molecule has 0 spiro atoms. The molecule has 2 aromatic rings. The highest BCUT2D eigenvalue weighted by Gasteiger charge is 2.32. The Labute approximate surface area is 133 Å². The Kier molecular flexibility index (Phi) is 3.53. The third kappa shape index (κ3) is 2.64. The highest BCUT2D eigenvalue weighted by atomic mass is 32.1. The Hall–Kier alpha value is -2.14. The Balaban J connectivity index is 1.90. The zero-order valence-electron chi connectivity index (χ0n) is 12.8. The Bertz CT molecular complexity index is 762. The molecule has 3 rings (SSSR count). The summed E-state index contributed by atoms with van der Waals surface area (Å²) < 4.78 is 0. The van der Waals surface area contributed by atoms with E-state index >= 15 is 0 Å². The van der Waals surface area contributed by atoms with Gasteiger partial charge in [0.25, 0.3) is 5.91 Å². The van der Waals surface area contributed by atoms with Gasteiger partial charge in [0, 0.05) is 23.2 Å². The zero-order chi connectivity index (χ0) is 15.9. The fourth-order valence-electron chi connectivity index (χ4n) is 2.78. The fraction of sp³-hybridized carbons (Fsp3) is 0.294. The molecule has 22 heavy (non-hydrogen) atoms. The summed E-state index contributed by atoms with van der Waals surface area (Å²) in [5.41, 5.74) is 3.37. The van der Waals surface area contributed by atoms with Crippen LogP contribution in [0.4, 0.5) is 11.4 Å². The Morgan fingerprint density at radius 3 is 2.77 bits per heavy atom. The van der Waals surface area contributed by atoms with Gasteiger partial charge in [0.2, 0.25) is 5.91 Å². The maximum atomic E-state index is 12.3. The SMILES string of the molecule is Cc1ccsc1C(=O)Nc1ccc2c(c1)C(C)(C)CC(=O)N2. The van der Waals surface area contributed by atoms with E-state index in [-0.39, 0.29) is 17.2 Å². The average Bonchev–Trinajstić information content (AvgIpc) is 2.85. The van der Waals surface area contributed by atoms with Crippen LogP contribution in [0.5, 0.6) is 0 Å². The fourth-order valence-corrected chi connectivity index (χ4v) is 3.60. The molecule has 0 radical (unpaired) electrons.